The molecule has 0 saturated heterocycles. The van der Waals surface area contributed by atoms with Gasteiger partial charge in [-0.15, -0.1) is 0 Å². The van der Waals surface area contributed by atoms with E-state index in [0.717, 1.165) is 11.3 Å². The van der Waals surface area contributed by atoms with Gasteiger partial charge in [0.05, 0.1) is 6.21 Å². The van der Waals surface area contributed by atoms with E-state index in [1.165, 1.54) is 21.7 Å². The highest BCUT2D eigenvalue weighted by molar-refractivity contribution is 7.56. The summed E-state index contributed by atoms with van der Waals surface area (Å²) in [4.78, 5) is 0. The van der Waals surface area contributed by atoms with Crippen molar-refractivity contribution >= 4 is 25.4 Å². The lowest BCUT2D eigenvalue weighted by atomic mass is 9.85. The molecule has 0 aliphatic heterocycles. The van der Waals surface area contributed by atoms with Crippen LogP contribution in [0, 0.1) is 6.92 Å². The fraction of sp³-hybridized carbons (Fsp3) is 0.292. The lowest BCUT2D eigenvalue weighted by molar-refractivity contribution is 0.0506. The normalized spacial score (nSPS) is 12.3. The van der Waals surface area contributed by atoms with E-state index in [1.807, 2.05) is 36.8 Å². The molecule has 0 saturated carbocycles. The molecule has 0 aliphatic carbocycles. The molecule has 1 aromatic heterocycles. The lowest BCUT2D eigenvalue weighted by Crippen LogP contribution is -2.20. The Labute approximate surface area is 175 Å². The number of benzene rings is 2. The Hall–Kier alpha value is -2.42. The SMILES string of the molecule is COCOc1c(Pc2ccccc2C=Nn2cccc2)cc(C)cc1C(C)(C)C. The fourth-order valence-electron chi connectivity index (χ4n) is 3.10. The van der Waals surface area contributed by atoms with Gasteiger partial charge in [-0.3, -0.25) is 0 Å². The van der Waals surface area contributed by atoms with E-state index in [4.69, 9.17) is 9.47 Å². The molecule has 1 atom stereocenters. The highest BCUT2D eigenvalue weighted by atomic mass is 31.1. The second-order valence-electron chi connectivity index (χ2n) is 8.01. The van der Waals surface area contributed by atoms with Crippen molar-refractivity contribution in [3.63, 3.8) is 0 Å². The number of aryl methyl sites for hydroxylation is 1. The molecule has 0 bridgehead atoms. The summed E-state index contributed by atoms with van der Waals surface area (Å²) in [6.07, 6.45) is 5.76. The maximum atomic E-state index is 6.08. The molecule has 0 fully saturated rings. The van der Waals surface area contributed by atoms with Crippen LogP contribution in [0.15, 0.2) is 66.0 Å². The number of aromatic nitrogens is 1. The average Bonchev–Trinajstić information content (AvgIpc) is 3.19. The highest BCUT2D eigenvalue weighted by Crippen LogP contribution is 2.34. The van der Waals surface area contributed by atoms with E-state index in [0.29, 0.717) is 8.58 Å². The Morgan fingerprint density at radius 2 is 1.76 bits per heavy atom. The molecule has 1 unspecified atom stereocenters. The van der Waals surface area contributed by atoms with Crippen molar-refractivity contribution in [3.05, 3.63) is 77.6 Å². The third kappa shape index (κ3) is 5.56. The number of nitrogens with zero attached hydrogens (tertiary/aromatic N) is 2. The van der Waals surface area contributed by atoms with Crippen molar-refractivity contribution in [1.29, 1.82) is 0 Å². The van der Waals surface area contributed by atoms with Gasteiger partial charge >= 0.3 is 0 Å². The van der Waals surface area contributed by atoms with Crippen molar-refractivity contribution < 1.29 is 9.47 Å². The smallest absolute Gasteiger partial charge is 0.188 e. The molecule has 152 valence electrons. The van der Waals surface area contributed by atoms with Gasteiger partial charge in [-0.2, -0.15) is 5.10 Å². The predicted octanol–water partition coefficient (Wildman–Crippen LogP) is 4.59. The van der Waals surface area contributed by atoms with E-state index in [9.17, 15) is 0 Å². The molecule has 3 rings (SSSR count). The molecule has 1 heterocycles. The van der Waals surface area contributed by atoms with Gasteiger partial charge < -0.3 is 9.47 Å². The first-order valence-corrected chi connectivity index (χ1v) is 10.7. The summed E-state index contributed by atoms with van der Waals surface area (Å²) in [7, 11) is 2.10. The van der Waals surface area contributed by atoms with E-state index < -0.39 is 0 Å². The summed E-state index contributed by atoms with van der Waals surface area (Å²) < 4.78 is 13.1. The zero-order valence-electron chi connectivity index (χ0n) is 17.8. The van der Waals surface area contributed by atoms with Crippen LogP contribution < -0.4 is 15.3 Å². The number of hydrogen-bond donors (Lipinski definition) is 0. The molecular formula is C24H29N2O2P. The molecule has 29 heavy (non-hydrogen) atoms. The minimum atomic E-state index is -0.0241. The van der Waals surface area contributed by atoms with Crippen LogP contribution in [0.3, 0.4) is 0 Å². The van der Waals surface area contributed by atoms with E-state index >= 15 is 0 Å². The van der Waals surface area contributed by atoms with Crippen LogP contribution in [0.2, 0.25) is 0 Å². The fourth-order valence-corrected chi connectivity index (χ4v) is 4.48. The average molecular weight is 408 g/mol. The van der Waals surface area contributed by atoms with Crippen molar-refractivity contribution in [2.24, 2.45) is 5.10 Å². The number of hydrogen-bond acceptors (Lipinski definition) is 3. The third-order valence-electron chi connectivity index (χ3n) is 4.51. The van der Waals surface area contributed by atoms with Gasteiger partial charge in [-0.25, -0.2) is 4.68 Å². The maximum absolute atomic E-state index is 6.08. The Kier molecular flexibility index (Phi) is 6.89. The van der Waals surface area contributed by atoms with E-state index in [1.54, 1.807) is 11.8 Å². The summed E-state index contributed by atoms with van der Waals surface area (Å²) in [5, 5.41) is 6.95. The second-order valence-corrected chi connectivity index (χ2v) is 9.34. The van der Waals surface area contributed by atoms with Gasteiger partial charge in [0.2, 0.25) is 0 Å². The van der Waals surface area contributed by atoms with Gasteiger partial charge in [-0.1, -0.05) is 59.7 Å². The number of methoxy groups -OCH3 is 1. The van der Waals surface area contributed by atoms with Crippen LogP contribution in [0.5, 0.6) is 5.75 Å². The van der Waals surface area contributed by atoms with Crippen LogP contribution in [0.25, 0.3) is 0 Å². The summed E-state index contributed by atoms with van der Waals surface area (Å²) >= 11 is 0. The quantitative estimate of drug-likeness (QED) is 0.326. The molecule has 2 aromatic carbocycles. The Bertz CT molecular complexity index is 973. The predicted molar refractivity (Wildman–Crippen MR) is 124 cm³/mol. The first kappa shape index (κ1) is 21.3. The first-order chi connectivity index (χ1) is 13.9. The third-order valence-corrected chi connectivity index (χ3v) is 5.88. The molecule has 0 radical (unpaired) electrons. The van der Waals surface area contributed by atoms with Crippen molar-refractivity contribution in [3.8, 4) is 5.75 Å². The molecule has 0 amide bonds. The van der Waals surface area contributed by atoms with Crippen LogP contribution in [0.4, 0.5) is 0 Å². The highest BCUT2D eigenvalue weighted by Gasteiger charge is 2.23. The minimum Gasteiger partial charge on any atom is -0.467 e. The molecule has 3 aromatic rings. The Morgan fingerprint density at radius 3 is 2.45 bits per heavy atom. The second kappa shape index (κ2) is 9.39. The monoisotopic (exact) mass is 408 g/mol. The first-order valence-electron chi connectivity index (χ1n) is 9.69. The maximum Gasteiger partial charge on any atom is 0.188 e. The summed E-state index contributed by atoms with van der Waals surface area (Å²) in [5.74, 6) is 0.931. The molecule has 4 nitrogen and oxygen atoms in total. The summed E-state index contributed by atoms with van der Waals surface area (Å²) in [6, 6.07) is 16.8. The minimum absolute atomic E-state index is 0.0241. The van der Waals surface area contributed by atoms with Crippen molar-refractivity contribution in [1.82, 2.24) is 4.68 Å². The van der Waals surface area contributed by atoms with Gasteiger partial charge in [0.1, 0.15) is 5.75 Å². The van der Waals surface area contributed by atoms with Gasteiger partial charge in [-0.05, 0) is 41.4 Å². The van der Waals surface area contributed by atoms with E-state index in [-0.39, 0.29) is 12.2 Å². The zero-order valence-corrected chi connectivity index (χ0v) is 18.8. The van der Waals surface area contributed by atoms with Crippen LogP contribution in [-0.4, -0.2) is 24.8 Å². The lowest BCUT2D eigenvalue weighted by Gasteiger charge is -2.26. The van der Waals surface area contributed by atoms with Gasteiger partial charge in [0.15, 0.2) is 6.79 Å². The summed E-state index contributed by atoms with van der Waals surface area (Å²) in [5.41, 5.74) is 3.52. The van der Waals surface area contributed by atoms with Crippen molar-refractivity contribution in [2.75, 3.05) is 13.9 Å². The van der Waals surface area contributed by atoms with Crippen LogP contribution in [-0.2, 0) is 10.2 Å². The topological polar surface area (TPSA) is 35.8 Å². The van der Waals surface area contributed by atoms with E-state index in [2.05, 4.69) is 63.1 Å². The van der Waals surface area contributed by atoms with Crippen LogP contribution >= 0.6 is 8.58 Å². The van der Waals surface area contributed by atoms with Gasteiger partial charge in [0, 0.05) is 35.9 Å². The largest absolute Gasteiger partial charge is 0.467 e. The van der Waals surface area contributed by atoms with Crippen molar-refractivity contribution in [2.45, 2.75) is 33.1 Å². The van der Waals surface area contributed by atoms with Crippen LogP contribution in [0.1, 0.15) is 37.5 Å². The van der Waals surface area contributed by atoms with Gasteiger partial charge in [0.25, 0.3) is 0 Å². The molecule has 0 aliphatic rings. The molecule has 5 heteroatoms. The Balaban J connectivity index is 2.01. The molecule has 0 N–H and O–H groups in total. The molecule has 0 spiro atoms. The number of ether oxygens (including phenoxy) is 2. The number of rotatable bonds is 7. The molecular weight excluding hydrogens is 379 g/mol. The Morgan fingerprint density at radius 1 is 1.03 bits per heavy atom. The standard InChI is InChI=1S/C24H29N2O2P/c1-18-14-20(24(2,3)4)23(28-17-27-5)22(15-18)29-21-11-7-6-10-19(21)16-25-26-12-8-9-13-26/h6-16,29H,17H2,1-5H3. The summed E-state index contributed by atoms with van der Waals surface area (Å²) in [6.45, 7) is 9.02. The zero-order chi connectivity index (χ0) is 20.9.